The third-order valence-electron chi connectivity index (χ3n) is 4.85. The Labute approximate surface area is 186 Å². The molecule has 4 rings (SSSR count). The Kier molecular flexibility index (Phi) is 6.15. The highest BCUT2D eigenvalue weighted by Crippen LogP contribution is 2.34. The first-order chi connectivity index (χ1) is 15.6. The Bertz CT molecular complexity index is 1280. The Morgan fingerprint density at radius 2 is 1.81 bits per heavy atom. The highest BCUT2D eigenvalue weighted by Gasteiger charge is 2.13. The van der Waals surface area contributed by atoms with Gasteiger partial charge in [0.25, 0.3) is 0 Å². The molecule has 7 nitrogen and oxygen atoms in total. The van der Waals surface area contributed by atoms with Gasteiger partial charge in [0.2, 0.25) is 5.88 Å². The van der Waals surface area contributed by atoms with Gasteiger partial charge in [-0.25, -0.2) is 4.98 Å². The van der Waals surface area contributed by atoms with E-state index in [9.17, 15) is 5.26 Å². The second kappa shape index (κ2) is 9.33. The maximum absolute atomic E-state index is 9.38. The van der Waals surface area contributed by atoms with E-state index in [4.69, 9.17) is 10.5 Å². The van der Waals surface area contributed by atoms with E-state index in [1.165, 1.54) is 0 Å². The average molecular weight is 422 g/mol. The number of rotatable bonds is 6. The first-order valence-electron chi connectivity index (χ1n) is 10.2. The predicted octanol–water partition coefficient (Wildman–Crippen LogP) is 4.38. The number of ether oxygens (including phenoxy) is 1. The second-order valence-corrected chi connectivity index (χ2v) is 7.36. The standard InChI is InChI=1S/C25H22N6O/c1-16-3-8-22(29-14-16)23-12-25(31-17(2)30-23)32-24-11-18(13-27)4-7-21(24)19-5-6-20(9-10-26)28-15-19/h3-8,11-12,14-15H,9-10,26H2,1-2H3. The third kappa shape index (κ3) is 4.77. The molecule has 0 aliphatic heterocycles. The molecule has 0 amide bonds. The summed E-state index contributed by atoms with van der Waals surface area (Å²) < 4.78 is 6.17. The van der Waals surface area contributed by atoms with Crippen molar-refractivity contribution in [3.05, 3.63) is 83.6 Å². The summed E-state index contributed by atoms with van der Waals surface area (Å²) in [6.45, 7) is 4.33. The van der Waals surface area contributed by atoms with E-state index >= 15 is 0 Å². The third-order valence-corrected chi connectivity index (χ3v) is 4.85. The van der Waals surface area contributed by atoms with Crippen molar-refractivity contribution in [1.82, 2.24) is 19.9 Å². The molecule has 158 valence electrons. The Morgan fingerprint density at radius 3 is 2.50 bits per heavy atom. The van der Waals surface area contributed by atoms with Gasteiger partial charge in [0, 0.05) is 41.7 Å². The maximum atomic E-state index is 9.38. The summed E-state index contributed by atoms with van der Waals surface area (Å²) in [5.74, 6) is 1.45. The largest absolute Gasteiger partial charge is 0.438 e. The molecule has 3 aromatic heterocycles. The molecule has 0 bridgehead atoms. The SMILES string of the molecule is Cc1ccc(-c2cc(Oc3cc(C#N)ccc3-c3ccc(CCN)nc3)nc(C)n2)nc1. The zero-order valence-corrected chi connectivity index (χ0v) is 17.9. The van der Waals surface area contributed by atoms with Crippen molar-refractivity contribution in [3.8, 4) is 40.2 Å². The summed E-state index contributed by atoms with van der Waals surface area (Å²) >= 11 is 0. The summed E-state index contributed by atoms with van der Waals surface area (Å²) in [4.78, 5) is 17.8. The fourth-order valence-electron chi connectivity index (χ4n) is 3.25. The summed E-state index contributed by atoms with van der Waals surface area (Å²) in [5.41, 5.74) is 11.2. The number of hydrogen-bond acceptors (Lipinski definition) is 7. The minimum atomic E-state index is 0.374. The van der Waals surface area contributed by atoms with Crippen LogP contribution >= 0.6 is 0 Å². The van der Waals surface area contributed by atoms with Crippen LogP contribution in [0.15, 0.2) is 60.9 Å². The molecule has 0 atom stereocenters. The summed E-state index contributed by atoms with van der Waals surface area (Å²) in [5, 5.41) is 9.38. The van der Waals surface area contributed by atoms with Gasteiger partial charge in [0.15, 0.2) is 0 Å². The molecule has 0 spiro atoms. The topological polar surface area (TPSA) is 111 Å². The molecule has 0 saturated carbocycles. The van der Waals surface area contributed by atoms with E-state index < -0.39 is 0 Å². The van der Waals surface area contributed by atoms with Crippen LogP contribution < -0.4 is 10.5 Å². The Morgan fingerprint density at radius 1 is 0.938 bits per heavy atom. The van der Waals surface area contributed by atoms with Gasteiger partial charge in [-0.15, -0.1) is 0 Å². The van der Waals surface area contributed by atoms with Gasteiger partial charge in [-0.3, -0.25) is 9.97 Å². The molecule has 0 saturated heterocycles. The second-order valence-electron chi connectivity index (χ2n) is 7.36. The quantitative estimate of drug-likeness (QED) is 0.491. The van der Waals surface area contributed by atoms with Crippen LogP contribution in [0.2, 0.25) is 0 Å². The number of hydrogen-bond donors (Lipinski definition) is 1. The zero-order chi connectivity index (χ0) is 22.5. The number of benzene rings is 1. The number of nitrogens with zero attached hydrogens (tertiary/aromatic N) is 5. The van der Waals surface area contributed by atoms with Crippen LogP contribution in [0, 0.1) is 25.2 Å². The van der Waals surface area contributed by atoms with Crippen LogP contribution in [0.25, 0.3) is 22.5 Å². The van der Waals surface area contributed by atoms with Crippen LogP contribution in [0.1, 0.15) is 22.6 Å². The van der Waals surface area contributed by atoms with Crippen LogP contribution in [0.3, 0.4) is 0 Å². The lowest BCUT2D eigenvalue weighted by atomic mass is 10.0. The van der Waals surface area contributed by atoms with Crippen molar-refractivity contribution < 1.29 is 4.74 Å². The van der Waals surface area contributed by atoms with Crippen molar-refractivity contribution >= 4 is 0 Å². The van der Waals surface area contributed by atoms with Crippen LogP contribution in [-0.4, -0.2) is 26.5 Å². The van der Waals surface area contributed by atoms with Crippen molar-refractivity contribution in [2.75, 3.05) is 6.54 Å². The van der Waals surface area contributed by atoms with Gasteiger partial charge in [0.05, 0.1) is 23.0 Å². The lowest BCUT2D eigenvalue weighted by Gasteiger charge is -2.13. The highest BCUT2D eigenvalue weighted by atomic mass is 16.5. The van der Waals surface area contributed by atoms with Gasteiger partial charge in [-0.2, -0.15) is 10.2 Å². The molecule has 0 aliphatic carbocycles. The molecule has 7 heteroatoms. The molecule has 32 heavy (non-hydrogen) atoms. The number of aryl methyl sites for hydroxylation is 2. The number of pyridine rings is 2. The van der Waals surface area contributed by atoms with Crippen LogP contribution in [0.4, 0.5) is 0 Å². The lowest BCUT2D eigenvalue weighted by Crippen LogP contribution is -2.04. The Hall–Kier alpha value is -4.15. The molecule has 4 aromatic rings. The van der Waals surface area contributed by atoms with Crippen molar-refractivity contribution in [2.45, 2.75) is 20.3 Å². The van der Waals surface area contributed by atoms with E-state index in [2.05, 4.69) is 26.0 Å². The van der Waals surface area contributed by atoms with E-state index in [1.807, 2.05) is 37.3 Å². The molecule has 0 aliphatic rings. The van der Waals surface area contributed by atoms with Crippen molar-refractivity contribution in [3.63, 3.8) is 0 Å². The van der Waals surface area contributed by atoms with Gasteiger partial charge < -0.3 is 10.5 Å². The molecule has 3 heterocycles. The fourth-order valence-corrected chi connectivity index (χ4v) is 3.25. The molecular formula is C25H22N6O. The first-order valence-corrected chi connectivity index (χ1v) is 10.2. The first kappa shape index (κ1) is 21.1. The zero-order valence-electron chi connectivity index (χ0n) is 17.9. The van der Waals surface area contributed by atoms with Gasteiger partial charge >= 0.3 is 0 Å². The average Bonchev–Trinajstić information content (AvgIpc) is 2.80. The van der Waals surface area contributed by atoms with Crippen molar-refractivity contribution in [1.29, 1.82) is 5.26 Å². The minimum absolute atomic E-state index is 0.374. The number of nitrogens with two attached hydrogens (primary N) is 1. The maximum Gasteiger partial charge on any atom is 0.223 e. The normalized spacial score (nSPS) is 10.6. The predicted molar refractivity (Wildman–Crippen MR) is 122 cm³/mol. The monoisotopic (exact) mass is 422 g/mol. The number of aromatic nitrogens is 4. The molecule has 1 aromatic carbocycles. The number of nitriles is 1. The molecule has 0 radical (unpaired) electrons. The smallest absolute Gasteiger partial charge is 0.223 e. The minimum Gasteiger partial charge on any atom is -0.438 e. The van der Waals surface area contributed by atoms with Crippen molar-refractivity contribution in [2.24, 2.45) is 5.73 Å². The van der Waals surface area contributed by atoms with E-state index in [1.54, 1.807) is 37.5 Å². The molecule has 0 unspecified atom stereocenters. The van der Waals surface area contributed by atoms with Crippen LogP contribution in [-0.2, 0) is 6.42 Å². The van der Waals surface area contributed by atoms with Gasteiger partial charge in [-0.1, -0.05) is 12.1 Å². The van der Waals surface area contributed by atoms with E-state index in [0.29, 0.717) is 41.7 Å². The molecule has 0 fully saturated rings. The molecular weight excluding hydrogens is 400 g/mol. The summed E-state index contributed by atoms with van der Waals surface area (Å²) in [6, 6.07) is 17.0. The lowest BCUT2D eigenvalue weighted by molar-refractivity contribution is 0.461. The van der Waals surface area contributed by atoms with Crippen LogP contribution in [0.5, 0.6) is 11.6 Å². The van der Waals surface area contributed by atoms with E-state index in [-0.39, 0.29) is 0 Å². The van der Waals surface area contributed by atoms with Gasteiger partial charge in [0.1, 0.15) is 11.6 Å². The highest BCUT2D eigenvalue weighted by molar-refractivity contribution is 5.71. The van der Waals surface area contributed by atoms with Gasteiger partial charge in [-0.05, 0) is 56.3 Å². The van der Waals surface area contributed by atoms with E-state index in [0.717, 1.165) is 28.1 Å². The summed E-state index contributed by atoms with van der Waals surface area (Å²) in [6.07, 6.45) is 4.29. The fraction of sp³-hybridized carbons (Fsp3) is 0.160. The molecule has 2 N–H and O–H groups in total. The summed E-state index contributed by atoms with van der Waals surface area (Å²) in [7, 11) is 0. The Balaban J connectivity index is 1.72.